The highest BCUT2D eigenvalue weighted by atomic mass is 16.6. The predicted octanol–water partition coefficient (Wildman–Crippen LogP) is 1.06. The maximum atomic E-state index is 10.4. The number of H-pyrrole nitrogens is 1. The highest BCUT2D eigenvalue weighted by Gasteiger charge is 2.30. The van der Waals surface area contributed by atoms with Gasteiger partial charge in [-0.25, -0.2) is 4.98 Å². The number of aromatic hydroxyl groups is 1. The second-order valence-corrected chi connectivity index (χ2v) is 4.15. The molecule has 1 aromatic carbocycles. The van der Waals surface area contributed by atoms with Gasteiger partial charge in [-0.15, -0.1) is 0 Å². The minimum Gasteiger partial charge on any atom is -0.497 e. The molecule has 2 aromatic rings. The fourth-order valence-corrected chi connectivity index (χ4v) is 1.52. The second-order valence-electron chi connectivity index (χ2n) is 4.15. The van der Waals surface area contributed by atoms with Crippen LogP contribution in [0, 0.1) is 30.3 Å². The zero-order valence-corrected chi connectivity index (χ0v) is 11.9. The largest absolute Gasteiger partial charge is 0.497 e. The molecule has 0 saturated carbocycles. The van der Waals surface area contributed by atoms with Crippen LogP contribution in [0.3, 0.4) is 0 Å². The molecule has 128 valence electrons. The van der Waals surface area contributed by atoms with Gasteiger partial charge in [0.05, 0.1) is 33.2 Å². The summed E-state index contributed by atoms with van der Waals surface area (Å²) in [6.07, 6.45) is 3.97. The molecule has 0 atom stereocenters. The standard InChI is InChI=1S/C6H3N3O7.C5H8N2O/c10-6-4(8(13)14)1-3(7(11)12)2-5(6)9(15)16;8-2-1-5-3-6-4-7-5/h1-2,10H;3-4,8H,1-2H2,(H,6,7). The van der Waals surface area contributed by atoms with Crippen molar-refractivity contribution in [1.82, 2.24) is 9.97 Å². The highest BCUT2D eigenvalue weighted by molar-refractivity contribution is 5.64. The van der Waals surface area contributed by atoms with Gasteiger partial charge >= 0.3 is 11.4 Å². The van der Waals surface area contributed by atoms with Gasteiger partial charge < -0.3 is 15.2 Å². The number of nitrogens with one attached hydrogen (secondary N) is 1. The van der Waals surface area contributed by atoms with E-state index in [1.807, 2.05) is 0 Å². The summed E-state index contributed by atoms with van der Waals surface area (Å²) in [5, 5.41) is 48.6. The summed E-state index contributed by atoms with van der Waals surface area (Å²) in [6.45, 7) is 0.183. The predicted molar refractivity (Wildman–Crippen MR) is 77.4 cm³/mol. The first kappa shape index (κ1) is 18.4. The molecule has 0 saturated heterocycles. The normalized spacial score (nSPS) is 9.71. The molecule has 0 radical (unpaired) electrons. The molecule has 0 amide bonds. The molecule has 0 aliphatic heterocycles. The van der Waals surface area contributed by atoms with E-state index in [1.165, 1.54) is 0 Å². The molecule has 24 heavy (non-hydrogen) atoms. The number of phenols is 1. The van der Waals surface area contributed by atoms with E-state index in [0.29, 0.717) is 18.6 Å². The van der Waals surface area contributed by atoms with Crippen LogP contribution in [-0.4, -0.2) is 41.6 Å². The molecule has 13 heteroatoms. The van der Waals surface area contributed by atoms with E-state index in [2.05, 4.69) is 9.97 Å². The van der Waals surface area contributed by atoms with Gasteiger partial charge in [0.25, 0.3) is 11.4 Å². The van der Waals surface area contributed by atoms with Crippen molar-refractivity contribution < 1.29 is 25.0 Å². The first-order valence-corrected chi connectivity index (χ1v) is 6.16. The Balaban J connectivity index is 0.000000300. The minimum atomic E-state index is -1.21. The van der Waals surface area contributed by atoms with Crippen LogP contribution in [0.4, 0.5) is 17.1 Å². The Morgan fingerprint density at radius 3 is 1.92 bits per heavy atom. The van der Waals surface area contributed by atoms with Gasteiger partial charge in [0.2, 0.25) is 0 Å². The number of benzene rings is 1. The average Bonchev–Trinajstić information content (AvgIpc) is 3.00. The number of aliphatic hydroxyl groups excluding tert-OH is 1. The number of nitro groups is 3. The van der Waals surface area contributed by atoms with Crippen molar-refractivity contribution >= 4 is 17.1 Å². The highest BCUT2D eigenvalue weighted by Crippen LogP contribution is 2.38. The number of hydrogen-bond donors (Lipinski definition) is 3. The Bertz CT molecular complexity index is 710. The van der Waals surface area contributed by atoms with Crippen LogP contribution in [0.25, 0.3) is 0 Å². The minimum absolute atomic E-state index is 0.183. The topological polar surface area (TPSA) is 199 Å². The number of imidazole rings is 1. The molecule has 0 spiro atoms. The van der Waals surface area contributed by atoms with Crippen molar-refractivity contribution in [2.45, 2.75) is 6.42 Å². The monoisotopic (exact) mass is 341 g/mol. The smallest absolute Gasteiger partial charge is 0.324 e. The number of hydrogen-bond acceptors (Lipinski definition) is 9. The Hall–Kier alpha value is -3.61. The van der Waals surface area contributed by atoms with E-state index < -0.39 is 37.6 Å². The molecule has 13 nitrogen and oxygen atoms in total. The summed E-state index contributed by atoms with van der Waals surface area (Å²) in [6, 6.07) is 0.894. The quantitative estimate of drug-likeness (QED) is 0.525. The number of aromatic nitrogens is 2. The third-order valence-electron chi connectivity index (χ3n) is 2.59. The molecule has 2 rings (SSSR count). The van der Waals surface area contributed by atoms with Gasteiger partial charge in [-0.1, -0.05) is 0 Å². The van der Waals surface area contributed by atoms with E-state index in [0.717, 1.165) is 5.69 Å². The van der Waals surface area contributed by atoms with E-state index in [-0.39, 0.29) is 6.61 Å². The second kappa shape index (κ2) is 8.14. The molecule has 0 aliphatic carbocycles. The number of aliphatic hydroxyl groups is 1. The first-order chi connectivity index (χ1) is 11.3. The number of nitrogens with zero attached hydrogens (tertiary/aromatic N) is 4. The molecule has 3 N–H and O–H groups in total. The number of phenolic OH excluding ortho intramolecular Hbond substituents is 1. The lowest BCUT2D eigenvalue weighted by atomic mass is 10.2. The van der Waals surface area contributed by atoms with Gasteiger partial charge in [-0.05, 0) is 0 Å². The van der Waals surface area contributed by atoms with Crippen LogP contribution in [0.1, 0.15) is 5.69 Å². The van der Waals surface area contributed by atoms with Crippen LogP contribution in [0.15, 0.2) is 24.7 Å². The number of rotatable bonds is 5. The number of aromatic amines is 1. The Morgan fingerprint density at radius 2 is 1.58 bits per heavy atom. The van der Waals surface area contributed by atoms with Crippen molar-refractivity contribution in [3.8, 4) is 5.75 Å². The molecule has 0 unspecified atom stereocenters. The van der Waals surface area contributed by atoms with Gasteiger partial charge in [0, 0.05) is 24.9 Å². The summed E-state index contributed by atoms with van der Waals surface area (Å²) in [4.78, 5) is 34.4. The Kier molecular flexibility index (Phi) is 6.25. The zero-order chi connectivity index (χ0) is 18.3. The maximum absolute atomic E-state index is 10.4. The van der Waals surface area contributed by atoms with Crippen molar-refractivity contribution in [2.75, 3.05) is 6.61 Å². The van der Waals surface area contributed by atoms with Gasteiger partial charge in [-0.2, -0.15) is 0 Å². The van der Waals surface area contributed by atoms with Crippen LogP contribution in [0.2, 0.25) is 0 Å². The zero-order valence-electron chi connectivity index (χ0n) is 11.9. The van der Waals surface area contributed by atoms with Crippen molar-refractivity contribution in [3.05, 3.63) is 60.7 Å². The summed E-state index contributed by atoms with van der Waals surface area (Å²) < 4.78 is 0. The number of non-ortho nitro benzene ring substituents is 1. The average molecular weight is 341 g/mol. The lowest BCUT2D eigenvalue weighted by Gasteiger charge is -1.97. The molecular formula is C11H11N5O8. The van der Waals surface area contributed by atoms with E-state index in [1.54, 1.807) is 12.5 Å². The van der Waals surface area contributed by atoms with E-state index >= 15 is 0 Å². The number of nitro benzene ring substituents is 3. The summed E-state index contributed by atoms with van der Waals surface area (Å²) in [5.41, 5.74) is -2.02. The fraction of sp³-hybridized carbons (Fsp3) is 0.182. The lowest BCUT2D eigenvalue weighted by Crippen LogP contribution is -1.97. The fourth-order valence-electron chi connectivity index (χ4n) is 1.52. The van der Waals surface area contributed by atoms with Crippen LogP contribution in [0.5, 0.6) is 5.75 Å². The van der Waals surface area contributed by atoms with Gasteiger partial charge in [-0.3, -0.25) is 30.3 Å². The molecule has 0 bridgehead atoms. The van der Waals surface area contributed by atoms with Crippen LogP contribution in [-0.2, 0) is 6.42 Å². The summed E-state index contributed by atoms with van der Waals surface area (Å²) in [5.74, 6) is -1.21. The first-order valence-electron chi connectivity index (χ1n) is 6.16. The SMILES string of the molecule is O=[N+]([O-])c1cc([N+](=O)[O-])c(O)c([N+](=O)[O-])c1.OCCc1cnc[nH]1. The Labute approximate surface area is 132 Å². The third-order valence-corrected chi connectivity index (χ3v) is 2.59. The van der Waals surface area contributed by atoms with Crippen molar-refractivity contribution in [1.29, 1.82) is 0 Å². The Morgan fingerprint density at radius 1 is 1.04 bits per heavy atom. The van der Waals surface area contributed by atoms with Crippen LogP contribution >= 0.6 is 0 Å². The van der Waals surface area contributed by atoms with Crippen molar-refractivity contribution in [2.24, 2.45) is 0 Å². The molecular weight excluding hydrogens is 330 g/mol. The third kappa shape index (κ3) is 4.70. The lowest BCUT2D eigenvalue weighted by molar-refractivity contribution is -0.404. The molecule has 0 aliphatic rings. The molecule has 0 fully saturated rings. The van der Waals surface area contributed by atoms with Gasteiger partial charge in [0.15, 0.2) is 0 Å². The molecule has 1 aromatic heterocycles. The summed E-state index contributed by atoms with van der Waals surface area (Å²) in [7, 11) is 0. The molecule has 1 heterocycles. The maximum Gasteiger partial charge on any atom is 0.324 e. The van der Waals surface area contributed by atoms with E-state index in [9.17, 15) is 30.3 Å². The van der Waals surface area contributed by atoms with Gasteiger partial charge in [0.1, 0.15) is 0 Å². The summed E-state index contributed by atoms with van der Waals surface area (Å²) >= 11 is 0. The van der Waals surface area contributed by atoms with Crippen molar-refractivity contribution in [3.63, 3.8) is 0 Å². The van der Waals surface area contributed by atoms with E-state index in [4.69, 9.17) is 10.2 Å². The van der Waals surface area contributed by atoms with Crippen LogP contribution < -0.4 is 0 Å².